The van der Waals surface area contributed by atoms with Crippen molar-refractivity contribution >= 4 is 22.7 Å². The van der Waals surface area contributed by atoms with E-state index >= 15 is 0 Å². The van der Waals surface area contributed by atoms with Crippen molar-refractivity contribution in [3.63, 3.8) is 0 Å². The summed E-state index contributed by atoms with van der Waals surface area (Å²) in [4.78, 5) is 2.48. The van der Waals surface area contributed by atoms with Crippen LogP contribution in [0.2, 0.25) is 0 Å². The Balaban J connectivity index is 1.85. The Labute approximate surface area is 161 Å². The van der Waals surface area contributed by atoms with E-state index in [9.17, 15) is 10.2 Å². The Morgan fingerprint density at radius 1 is 0.846 bits per heavy atom. The summed E-state index contributed by atoms with van der Waals surface area (Å²) in [5.74, 6) is 0. The van der Waals surface area contributed by atoms with Gasteiger partial charge in [-0.3, -0.25) is 5.32 Å². The average molecular weight is 384 g/mol. The fourth-order valence-electron chi connectivity index (χ4n) is 3.35. The highest BCUT2D eigenvalue weighted by Gasteiger charge is 2.31. The van der Waals surface area contributed by atoms with Gasteiger partial charge in [0.1, 0.15) is 0 Å². The molecule has 2 heterocycles. The van der Waals surface area contributed by atoms with Crippen LogP contribution in [0.15, 0.2) is 59.3 Å². The van der Waals surface area contributed by atoms with Crippen molar-refractivity contribution in [2.45, 2.75) is 18.5 Å². The lowest BCUT2D eigenvalue weighted by Gasteiger charge is -2.33. The number of nitrogens with one attached hydrogen (secondary N) is 1. The largest absolute Gasteiger partial charge is 0.394 e. The van der Waals surface area contributed by atoms with Gasteiger partial charge in [0.25, 0.3) is 0 Å². The van der Waals surface area contributed by atoms with Crippen LogP contribution in [-0.4, -0.2) is 29.0 Å². The molecule has 0 fully saturated rings. The van der Waals surface area contributed by atoms with E-state index in [4.69, 9.17) is 0 Å². The molecule has 2 aliphatic carbocycles. The lowest BCUT2D eigenvalue weighted by molar-refractivity contribution is 0.0980. The molecule has 0 amide bonds. The van der Waals surface area contributed by atoms with E-state index in [1.807, 2.05) is 6.92 Å². The molecule has 0 aromatic carbocycles. The molecule has 0 unspecified atom stereocenters. The highest BCUT2D eigenvalue weighted by atomic mass is 32.1. The van der Waals surface area contributed by atoms with Crippen molar-refractivity contribution in [2.75, 3.05) is 13.2 Å². The normalized spacial score (nSPS) is 12.5. The maximum atomic E-state index is 9.84. The monoisotopic (exact) mass is 383 g/mol. The minimum Gasteiger partial charge on any atom is -0.394 e. The molecule has 0 saturated carbocycles. The van der Waals surface area contributed by atoms with Gasteiger partial charge in [0.05, 0.1) is 24.8 Å². The zero-order chi connectivity index (χ0) is 18.1. The van der Waals surface area contributed by atoms with Gasteiger partial charge in [0, 0.05) is 9.75 Å². The van der Waals surface area contributed by atoms with Gasteiger partial charge in [-0.1, -0.05) is 36.4 Å². The molecule has 0 saturated heterocycles. The molecule has 0 aromatic rings. The summed E-state index contributed by atoms with van der Waals surface area (Å²) in [6.45, 7) is 1.58. The molecule has 134 valence electrons. The van der Waals surface area contributed by atoms with Gasteiger partial charge in [0.15, 0.2) is 0 Å². The zero-order valence-corrected chi connectivity index (χ0v) is 16.1. The number of aliphatic hydroxyl groups excluding tert-OH is 2. The minimum atomic E-state index is -0.770. The Hall–Kier alpha value is -1.76. The summed E-state index contributed by atoms with van der Waals surface area (Å²) in [5.41, 5.74) is 4.00. The molecule has 2 aliphatic heterocycles. The van der Waals surface area contributed by atoms with Gasteiger partial charge in [-0.05, 0) is 52.1 Å². The van der Waals surface area contributed by atoms with Crippen molar-refractivity contribution in [2.24, 2.45) is 0 Å². The van der Waals surface area contributed by atoms with Gasteiger partial charge in [-0.25, -0.2) is 0 Å². The average Bonchev–Trinajstić information content (AvgIpc) is 3.30. The summed E-state index contributed by atoms with van der Waals surface area (Å²) < 4.78 is 0. The first kappa shape index (κ1) is 17.6. The number of hydrogen-bond acceptors (Lipinski definition) is 5. The summed E-state index contributed by atoms with van der Waals surface area (Å²) in [5, 5.41) is 27.4. The highest BCUT2D eigenvalue weighted by Crippen LogP contribution is 2.42. The van der Waals surface area contributed by atoms with Crippen molar-refractivity contribution in [1.29, 1.82) is 0 Å². The Morgan fingerprint density at radius 3 is 1.81 bits per heavy atom. The van der Waals surface area contributed by atoms with Crippen molar-refractivity contribution < 1.29 is 10.2 Å². The van der Waals surface area contributed by atoms with Gasteiger partial charge >= 0.3 is 0 Å². The van der Waals surface area contributed by atoms with Crippen LogP contribution in [0.25, 0.3) is 20.9 Å². The second-order valence-corrected chi connectivity index (χ2v) is 8.71. The Kier molecular flexibility index (Phi) is 4.82. The van der Waals surface area contributed by atoms with E-state index < -0.39 is 5.54 Å². The molecular weight excluding hydrogens is 362 g/mol. The van der Waals surface area contributed by atoms with E-state index in [-0.39, 0.29) is 19.3 Å². The number of rotatable bonds is 6. The first-order valence-electron chi connectivity index (χ1n) is 8.57. The third kappa shape index (κ3) is 3.06. The van der Waals surface area contributed by atoms with Crippen LogP contribution >= 0.6 is 22.7 Å². The molecule has 4 rings (SSSR count). The van der Waals surface area contributed by atoms with Crippen LogP contribution in [0.3, 0.4) is 0 Å². The van der Waals surface area contributed by atoms with E-state index in [2.05, 4.69) is 64.6 Å². The molecular formula is C21H21NO2S2. The van der Waals surface area contributed by atoms with Crippen LogP contribution in [-0.2, 0) is 0 Å². The van der Waals surface area contributed by atoms with E-state index in [1.54, 1.807) is 22.7 Å². The molecule has 3 nitrogen and oxygen atoms in total. The molecule has 5 heteroatoms. The fourth-order valence-corrected chi connectivity index (χ4v) is 4.88. The van der Waals surface area contributed by atoms with Crippen LogP contribution in [0.1, 0.15) is 24.1 Å². The molecule has 0 atom stereocenters. The van der Waals surface area contributed by atoms with Gasteiger partial charge < -0.3 is 10.2 Å². The van der Waals surface area contributed by atoms with E-state index in [0.717, 1.165) is 0 Å². The maximum Gasteiger partial charge on any atom is 0.0633 e. The quantitative estimate of drug-likeness (QED) is 0.461. The first-order valence-corrected chi connectivity index (χ1v) is 10.3. The third-order valence-electron chi connectivity index (χ3n) is 4.87. The molecule has 0 bridgehead atoms. The van der Waals surface area contributed by atoms with E-state index in [1.165, 1.54) is 32.0 Å². The third-order valence-corrected chi connectivity index (χ3v) is 6.67. The first-order chi connectivity index (χ1) is 12.6. The second-order valence-electron chi connectivity index (χ2n) is 6.81. The smallest absolute Gasteiger partial charge is 0.0633 e. The molecule has 0 spiro atoms. The summed E-state index contributed by atoms with van der Waals surface area (Å²) in [6.07, 6.45) is 0. The SMILES string of the molecule is CC(CO)(CO)NC(c1ccc2scccc1-2)c1ccc2scccc1-2. The predicted octanol–water partition coefficient (Wildman–Crippen LogP) is 4.44. The van der Waals surface area contributed by atoms with Crippen molar-refractivity contribution in [3.05, 3.63) is 70.4 Å². The summed E-state index contributed by atoms with van der Waals surface area (Å²) in [6, 6.07) is 16.9. The van der Waals surface area contributed by atoms with Crippen LogP contribution in [0.5, 0.6) is 0 Å². The van der Waals surface area contributed by atoms with Crippen molar-refractivity contribution in [3.8, 4) is 20.9 Å². The van der Waals surface area contributed by atoms with E-state index in [0.29, 0.717) is 0 Å². The van der Waals surface area contributed by atoms with Crippen molar-refractivity contribution in [1.82, 2.24) is 5.32 Å². The standard InChI is InChI=1S/C21H21NO2S2/c1-21(12-23,13-24)22-20(16-6-8-18-14(16)4-2-10-25-18)17-7-9-19-15(17)5-3-11-26-19/h2-11,20,22-24H,12-13H2,1H3. The lowest BCUT2D eigenvalue weighted by Crippen LogP contribution is -2.50. The Bertz CT molecular complexity index is 873. The van der Waals surface area contributed by atoms with Crippen LogP contribution in [0.4, 0.5) is 0 Å². The zero-order valence-electron chi connectivity index (χ0n) is 14.5. The van der Waals surface area contributed by atoms with Gasteiger partial charge in [-0.15, -0.1) is 22.7 Å². The van der Waals surface area contributed by atoms with Crippen LogP contribution < -0.4 is 5.32 Å². The summed E-state index contributed by atoms with van der Waals surface area (Å²) in [7, 11) is 0. The molecule has 0 radical (unpaired) electrons. The summed E-state index contributed by atoms with van der Waals surface area (Å²) >= 11 is 3.44. The Morgan fingerprint density at radius 2 is 1.35 bits per heavy atom. The highest BCUT2D eigenvalue weighted by molar-refractivity contribution is 7.13. The molecule has 0 aromatic heterocycles. The number of aliphatic hydroxyl groups is 2. The van der Waals surface area contributed by atoms with Gasteiger partial charge in [0.2, 0.25) is 0 Å². The number of fused-ring (bicyclic) bond motifs is 2. The predicted molar refractivity (Wildman–Crippen MR) is 109 cm³/mol. The molecule has 26 heavy (non-hydrogen) atoms. The second kappa shape index (κ2) is 7.10. The molecule has 4 aliphatic rings. The fraction of sp³-hybridized carbons (Fsp3) is 0.238. The van der Waals surface area contributed by atoms with Crippen LogP contribution in [0, 0.1) is 0 Å². The molecule has 3 N–H and O–H groups in total. The maximum absolute atomic E-state index is 9.84. The lowest BCUT2D eigenvalue weighted by atomic mass is 9.93. The topological polar surface area (TPSA) is 52.5 Å². The number of hydrogen-bond donors (Lipinski definition) is 3. The van der Waals surface area contributed by atoms with Gasteiger partial charge in [-0.2, -0.15) is 0 Å². The minimum absolute atomic E-state index is 0.113.